The Kier molecular flexibility index (Phi) is 19.8. The zero-order chi connectivity index (χ0) is 42.4. The van der Waals surface area contributed by atoms with Gasteiger partial charge in [0.05, 0.1) is 0 Å². The molecule has 0 radical (unpaired) electrons. The van der Waals surface area contributed by atoms with Crippen LogP contribution in [0.4, 0.5) is 11.4 Å². The van der Waals surface area contributed by atoms with E-state index in [2.05, 4.69) is 55.5 Å². The van der Waals surface area contributed by atoms with E-state index < -0.39 is 0 Å². The first-order valence-electron chi connectivity index (χ1n) is 25.3. The lowest BCUT2D eigenvalue weighted by Gasteiger charge is -2.42. The minimum absolute atomic E-state index is 0.0273. The topological polar surface area (TPSA) is 70.5 Å². The Bertz CT molecular complexity index is 1640. The summed E-state index contributed by atoms with van der Waals surface area (Å²) in [6, 6.07) is 32.9. The molecule has 332 valence electrons. The van der Waals surface area contributed by atoms with Crippen molar-refractivity contribution in [3.05, 3.63) is 108 Å². The van der Waals surface area contributed by atoms with Crippen molar-refractivity contribution in [3.63, 3.8) is 0 Å². The molecule has 0 bridgehead atoms. The van der Waals surface area contributed by atoms with Crippen LogP contribution in [0, 0.1) is 17.8 Å². The van der Waals surface area contributed by atoms with E-state index in [1.54, 1.807) is 0 Å². The van der Waals surface area contributed by atoms with Crippen LogP contribution < -0.4 is 20.9 Å². The van der Waals surface area contributed by atoms with Gasteiger partial charge in [0.1, 0.15) is 23.0 Å². The fraction of sp³-hybridized carbons (Fsp3) is 0.579. The zero-order valence-electron chi connectivity index (χ0n) is 38.2. The molecule has 61 heavy (non-hydrogen) atoms. The molecule has 4 heteroatoms. The average molecular weight is 827 g/mol. The number of benzene rings is 4. The fourth-order valence-electron chi connectivity index (χ4n) is 10.7. The standard InChI is InChI=1S/C57H82N2O2/c1-2-3-4-5-6-7-8-9-10-11-12-13-14-15-16-17-18-19-46-20-22-47(23-21-46)24-25-48-42-44-57(45-43-48,49-26-34-53(35-27-49)60-55-38-30-51(58)31-39-55)50-28-36-54(37-29-50)61-56-40-32-52(59)33-41-56/h26-41,46-48H,2-25,42-45,58-59H2,1H3/t46-,47-. The maximum atomic E-state index is 6.19. The molecule has 6 rings (SSSR count). The Morgan fingerprint density at radius 1 is 0.377 bits per heavy atom. The molecule has 2 aliphatic carbocycles. The number of unbranched alkanes of at least 4 members (excludes halogenated alkanes) is 16. The molecule has 4 aromatic carbocycles. The van der Waals surface area contributed by atoms with E-state index in [-0.39, 0.29) is 5.41 Å². The Labute approximate surface area is 372 Å². The van der Waals surface area contributed by atoms with Gasteiger partial charge in [-0.2, -0.15) is 0 Å². The first-order chi connectivity index (χ1) is 30.0. The van der Waals surface area contributed by atoms with E-state index in [4.69, 9.17) is 20.9 Å². The second-order valence-corrected chi connectivity index (χ2v) is 19.3. The lowest BCUT2D eigenvalue weighted by molar-refractivity contribution is 0.208. The van der Waals surface area contributed by atoms with Crippen molar-refractivity contribution >= 4 is 11.4 Å². The van der Waals surface area contributed by atoms with E-state index >= 15 is 0 Å². The lowest BCUT2D eigenvalue weighted by Crippen LogP contribution is -2.33. The minimum atomic E-state index is -0.0273. The molecule has 0 unspecified atom stereocenters. The van der Waals surface area contributed by atoms with Crippen molar-refractivity contribution in [1.82, 2.24) is 0 Å². The quantitative estimate of drug-likeness (QED) is 0.0464. The van der Waals surface area contributed by atoms with Crippen LogP contribution in [-0.2, 0) is 5.41 Å². The van der Waals surface area contributed by atoms with Crippen molar-refractivity contribution in [2.75, 3.05) is 11.5 Å². The molecular formula is C57H82N2O2. The number of nitrogens with two attached hydrogens (primary N) is 2. The number of rotatable bonds is 27. The molecule has 0 amide bonds. The number of nitrogen functional groups attached to an aromatic ring is 2. The van der Waals surface area contributed by atoms with Crippen molar-refractivity contribution in [2.45, 2.75) is 192 Å². The van der Waals surface area contributed by atoms with Crippen LogP contribution in [0.25, 0.3) is 0 Å². The molecule has 0 atom stereocenters. The second-order valence-electron chi connectivity index (χ2n) is 19.3. The van der Waals surface area contributed by atoms with Crippen LogP contribution in [0.2, 0.25) is 0 Å². The normalized spacial score (nSPS) is 17.9. The summed E-state index contributed by atoms with van der Waals surface area (Å²) in [7, 11) is 0. The van der Waals surface area contributed by atoms with Crippen LogP contribution in [0.5, 0.6) is 23.0 Å². The van der Waals surface area contributed by atoms with E-state index in [0.29, 0.717) is 0 Å². The smallest absolute Gasteiger partial charge is 0.127 e. The van der Waals surface area contributed by atoms with E-state index in [0.717, 1.165) is 52.1 Å². The molecule has 0 spiro atoms. The van der Waals surface area contributed by atoms with Crippen LogP contribution in [0.15, 0.2) is 97.1 Å². The zero-order valence-corrected chi connectivity index (χ0v) is 38.2. The molecule has 2 fully saturated rings. The second kappa shape index (κ2) is 25.9. The van der Waals surface area contributed by atoms with E-state index in [1.807, 2.05) is 48.5 Å². The number of hydrogen-bond acceptors (Lipinski definition) is 4. The maximum Gasteiger partial charge on any atom is 0.127 e. The third-order valence-electron chi connectivity index (χ3n) is 14.7. The Hall–Kier alpha value is -3.92. The van der Waals surface area contributed by atoms with Crippen molar-refractivity contribution in [2.24, 2.45) is 17.8 Å². The predicted molar refractivity (Wildman–Crippen MR) is 261 cm³/mol. The molecule has 2 aliphatic rings. The molecule has 0 aliphatic heterocycles. The summed E-state index contributed by atoms with van der Waals surface area (Å²) in [5.74, 6) is 6.05. The van der Waals surface area contributed by atoms with E-state index in [9.17, 15) is 0 Å². The molecule has 4 N–H and O–H groups in total. The van der Waals surface area contributed by atoms with Crippen molar-refractivity contribution < 1.29 is 9.47 Å². The highest BCUT2D eigenvalue weighted by Gasteiger charge is 2.38. The Balaban J connectivity index is 0.882. The van der Waals surface area contributed by atoms with Crippen LogP contribution in [0.1, 0.15) is 198 Å². The van der Waals surface area contributed by atoms with Gasteiger partial charge in [-0.25, -0.2) is 0 Å². The van der Waals surface area contributed by atoms with Gasteiger partial charge < -0.3 is 20.9 Å². The highest BCUT2D eigenvalue weighted by atomic mass is 16.5. The van der Waals surface area contributed by atoms with Gasteiger partial charge in [0.25, 0.3) is 0 Å². The fourth-order valence-corrected chi connectivity index (χ4v) is 10.7. The van der Waals surface area contributed by atoms with Crippen LogP contribution in [-0.4, -0.2) is 0 Å². The Morgan fingerprint density at radius 2 is 0.672 bits per heavy atom. The number of hydrogen-bond donors (Lipinski definition) is 2. The van der Waals surface area contributed by atoms with Gasteiger partial charge in [-0.05, 0) is 127 Å². The summed E-state index contributed by atoms with van der Waals surface area (Å²) >= 11 is 0. The number of ether oxygens (including phenoxy) is 2. The van der Waals surface area contributed by atoms with Crippen molar-refractivity contribution in [1.29, 1.82) is 0 Å². The SMILES string of the molecule is CCCCCCCCCCCCCCCCCCC[C@H]1CC[C@H](CCC2CCC(c3ccc(Oc4ccc(N)cc4)cc3)(c3ccc(Oc4ccc(N)cc4)cc3)CC2)CC1. The summed E-state index contributed by atoms with van der Waals surface area (Å²) < 4.78 is 12.4. The summed E-state index contributed by atoms with van der Waals surface area (Å²) in [6.07, 6.45) is 39.9. The third kappa shape index (κ3) is 15.7. The maximum absolute atomic E-state index is 6.19. The van der Waals surface area contributed by atoms with Gasteiger partial charge in [0, 0.05) is 16.8 Å². The first kappa shape index (κ1) is 46.6. The van der Waals surface area contributed by atoms with Gasteiger partial charge in [0.2, 0.25) is 0 Å². The van der Waals surface area contributed by atoms with Crippen LogP contribution >= 0.6 is 0 Å². The minimum Gasteiger partial charge on any atom is -0.457 e. The summed E-state index contributed by atoms with van der Waals surface area (Å²) in [5.41, 5.74) is 16.0. The molecule has 0 heterocycles. The first-order valence-corrected chi connectivity index (χ1v) is 25.3. The molecule has 2 saturated carbocycles. The summed E-state index contributed by atoms with van der Waals surface area (Å²) in [4.78, 5) is 0. The highest BCUT2D eigenvalue weighted by Crippen LogP contribution is 2.49. The monoisotopic (exact) mass is 827 g/mol. The van der Waals surface area contributed by atoms with Crippen LogP contribution in [0.3, 0.4) is 0 Å². The van der Waals surface area contributed by atoms with Gasteiger partial charge in [-0.3, -0.25) is 0 Å². The highest BCUT2D eigenvalue weighted by molar-refractivity contribution is 5.47. The van der Waals surface area contributed by atoms with Crippen molar-refractivity contribution in [3.8, 4) is 23.0 Å². The third-order valence-corrected chi connectivity index (χ3v) is 14.7. The molecule has 0 aromatic heterocycles. The molecule has 4 nitrogen and oxygen atoms in total. The summed E-state index contributed by atoms with van der Waals surface area (Å²) in [5, 5.41) is 0. The van der Waals surface area contributed by atoms with Gasteiger partial charge in [-0.15, -0.1) is 0 Å². The number of anilines is 2. The van der Waals surface area contributed by atoms with Gasteiger partial charge in [-0.1, -0.05) is 185 Å². The van der Waals surface area contributed by atoms with Gasteiger partial charge in [0.15, 0.2) is 0 Å². The van der Waals surface area contributed by atoms with E-state index in [1.165, 1.54) is 191 Å². The molecule has 4 aromatic rings. The largest absolute Gasteiger partial charge is 0.457 e. The van der Waals surface area contributed by atoms with Gasteiger partial charge >= 0.3 is 0 Å². The average Bonchev–Trinajstić information content (AvgIpc) is 3.29. The lowest BCUT2D eigenvalue weighted by atomic mass is 9.62. The predicted octanol–water partition coefficient (Wildman–Crippen LogP) is 17.5. The summed E-state index contributed by atoms with van der Waals surface area (Å²) in [6.45, 7) is 2.31. The molecule has 0 saturated heterocycles. The Morgan fingerprint density at radius 3 is 1.03 bits per heavy atom. The molecular weight excluding hydrogens is 745 g/mol.